The summed E-state index contributed by atoms with van der Waals surface area (Å²) in [6, 6.07) is 15.8. The Morgan fingerprint density at radius 3 is 2.58 bits per heavy atom. The number of benzene rings is 2. The highest BCUT2D eigenvalue weighted by molar-refractivity contribution is 7.15. The molecular weight excluding hydrogens is 512 g/mol. The second kappa shape index (κ2) is 9.30. The summed E-state index contributed by atoms with van der Waals surface area (Å²) in [4.78, 5) is 10.3. The monoisotopic (exact) mass is 530 g/mol. The molecule has 11 heteroatoms. The zero-order valence-corrected chi connectivity index (χ0v) is 21.6. The van der Waals surface area contributed by atoms with Crippen molar-refractivity contribution in [1.29, 1.82) is 0 Å². The van der Waals surface area contributed by atoms with E-state index in [1.165, 1.54) is 16.9 Å². The summed E-state index contributed by atoms with van der Waals surface area (Å²) in [7, 11) is 0. The molecule has 8 nitrogen and oxygen atoms in total. The predicted molar refractivity (Wildman–Crippen MR) is 147 cm³/mol. The number of hydrogen-bond acceptors (Lipinski definition) is 8. The van der Waals surface area contributed by atoms with E-state index in [-0.39, 0.29) is 0 Å². The Morgan fingerprint density at radius 2 is 1.78 bits per heavy atom. The van der Waals surface area contributed by atoms with E-state index < -0.39 is 0 Å². The summed E-state index contributed by atoms with van der Waals surface area (Å²) in [5, 5.41) is 18.7. The molecule has 0 fully saturated rings. The second-order valence-corrected chi connectivity index (χ2v) is 10.3. The van der Waals surface area contributed by atoms with Crippen LogP contribution in [0.1, 0.15) is 17.0 Å². The van der Waals surface area contributed by atoms with Crippen LogP contribution in [-0.2, 0) is 0 Å². The molecule has 0 atom stereocenters. The molecule has 0 saturated heterocycles. The lowest BCUT2D eigenvalue weighted by Crippen LogP contribution is -1.99. The van der Waals surface area contributed by atoms with Crippen LogP contribution in [0, 0.1) is 13.8 Å². The number of hydrazone groups is 1. The van der Waals surface area contributed by atoms with Crippen LogP contribution in [0.2, 0.25) is 5.02 Å². The van der Waals surface area contributed by atoms with E-state index in [0.717, 1.165) is 39.0 Å². The number of aryl methyl sites for hydroxylation is 1. The van der Waals surface area contributed by atoms with Crippen molar-refractivity contribution in [1.82, 2.24) is 29.4 Å². The molecule has 6 aromatic rings. The van der Waals surface area contributed by atoms with Gasteiger partial charge in [-0.2, -0.15) is 5.10 Å². The van der Waals surface area contributed by atoms with Gasteiger partial charge in [-0.05, 0) is 38.1 Å². The van der Waals surface area contributed by atoms with E-state index in [1.807, 2.05) is 69.4 Å². The largest absolute Gasteiger partial charge is 0.289 e. The van der Waals surface area contributed by atoms with Crippen molar-refractivity contribution in [3.8, 4) is 28.3 Å². The first-order valence-electron chi connectivity index (χ1n) is 11.0. The molecule has 4 heterocycles. The van der Waals surface area contributed by atoms with Gasteiger partial charge >= 0.3 is 0 Å². The van der Waals surface area contributed by atoms with Crippen LogP contribution in [0.25, 0.3) is 33.3 Å². The third kappa shape index (κ3) is 4.19. The third-order valence-electron chi connectivity index (χ3n) is 5.69. The number of thiazole rings is 2. The fraction of sp³-hybridized carbons (Fsp3) is 0.0800. The Balaban J connectivity index is 1.30. The highest BCUT2D eigenvalue weighted by Crippen LogP contribution is 2.29. The summed E-state index contributed by atoms with van der Waals surface area (Å²) in [5.41, 5.74) is 10.2. The first-order chi connectivity index (χ1) is 17.6. The summed E-state index contributed by atoms with van der Waals surface area (Å²) in [5.74, 6) is 0. The molecule has 0 bridgehead atoms. The summed E-state index contributed by atoms with van der Waals surface area (Å²) < 4.78 is 3.83. The van der Waals surface area contributed by atoms with E-state index in [0.29, 0.717) is 15.8 Å². The van der Waals surface area contributed by atoms with Gasteiger partial charge in [0, 0.05) is 27.5 Å². The van der Waals surface area contributed by atoms with E-state index in [2.05, 4.69) is 44.9 Å². The highest BCUT2D eigenvalue weighted by atomic mass is 35.5. The van der Waals surface area contributed by atoms with Crippen molar-refractivity contribution >= 4 is 50.6 Å². The highest BCUT2D eigenvalue weighted by Gasteiger charge is 2.20. The van der Waals surface area contributed by atoms with Crippen LogP contribution in [0.3, 0.4) is 0 Å². The second-order valence-electron chi connectivity index (χ2n) is 8.09. The molecule has 0 saturated carbocycles. The van der Waals surface area contributed by atoms with Gasteiger partial charge < -0.3 is 0 Å². The quantitative estimate of drug-likeness (QED) is 0.197. The SMILES string of the molecule is Cc1ccc(-n2nnc(-c3nc4sccn4c3/C=N/Nc3nc(-c4ccc(Cl)cc4)cs3)c2C)cc1. The molecule has 36 heavy (non-hydrogen) atoms. The van der Waals surface area contributed by atoms with Gasteiger partial charge in [-0.3, -0.25) is 9.83 Å². The molecule has 6 rings (SSSR count). The molecule has 0 spiro atoms. The average molecular weight is 531 g/mol. The molecule has 0 unspecified atom stereocenters. The summed E-state index contributed by atoms with van der Waals surface area (Å²) >= 11 is 9.03. The van der Waals surface area contributed by atoms with Crippen LogP contribution in [0.4, 0.5) is 5.13 Å². The maximum atomic E-state index is 5.99. The van der Waals surface area contributed by atoms with Crippen molar-refractivity contribution < 1.29 is 0 Å². The van der Waals surface area contributed by atoms with Gasteiger partial charge in [-0.1, -0.05) is 46.6 Å². The van der Waals surface area contributed by atoms with E-state index >= 15 is 0 Å². The van der Waals surface area contributed by atoms with Crippen molar-refractivity contribution in [3.63, 3.8) is 0 Å². The molecule has 0 radical (unpaired) electrons. The van der Waals surface area contributed by atoms with Gasteiger partial charge in [-0.25, -0.2) is 14.6 Å². The maximum Gasteiger partial charge on any atom is 0.203 e. The van der Waals surface area contributed by atoms with Gasteiger partial charge in [0.25, 0.3) is 0 Å². The first-order valence-corrected chi connectivity index (χ1v) is 13.2. The normalized spacial score (nSPS) is 11.6. The van der Waals surface area contributed by atoms with E-state index in [1.54, 1.807) is 17.6 Å². The topological polar surface area (TPSA) is 85.3 Å². The van der Waals surface area contributed by atoms with E-state index in [9.17, 15) is 0 Å². The standard InChI is InChI=1S/C25H19ClN8S2/c1-15-3-9-19(10-4-15)34-16(2)22(30-32-34)23-21(33-11-12-35-25(33)29-23)13-27-31-24-28-20(14-36-24)17-5-7-18(26)8-6-17/h3-14H,1-2H3,(H,28,31)/b27-13+. The van der Waals surface area contributed by atoms with Crippen molar-refractivity contribution in [2.45, 2.75) is 13.8 Å². The zero-order chi connectivity index (χ0) is 24.6. The van der Waals surface area contributed by atoms with Gasteiger partial charge in [0.15, 0.2) is 4.96 Å². The molecule has 178 valence electrons. The van der Waals surface area contributed by atoms with Crippen LogP contribution in [0.5, 0.6) is 0 Å². The Labute approximate surface area is 219 Å². The first kappa shape index (κ1) is 22.6. The fourth-order valence-electron chi connectivity index (χ4n) is 3.81. The molecule has 0 aliphatic rings. The fourth-order valence-corrected chi connectivity index (χ4v) is 5.32. The minimum Gasteiger partial charge on any atom is -0.289 e. The number of nitrogens with zero attached hydrogens (tertiary/aromatic N) is 7. The lowest BCUT2D eigenvalue weighted by atomic mass is 10.2. The minimum absolute atomic E-state index is 0.685. The Bertz CT molecular complexity index is 1690. The van der Waals surface area contributed by atoms with Gasteiger partial charge in [0.2, 0.25) is 5.13 Å². The molecule has 1 N–H and O–H groups in total. The lowest BCUT2D eigenvalue weighted by Gasteiger charge is -2.04. The van der Waals surface area contributed by atoms with Crippen molar-refractivity contribution in [2.24, 2.45) is 5.10 Å². The Hall–Kier alpha value is -3.86. The smallest absolute Gasteiger partial charge is 0.203 e. The van der Waals surface area contributed by atoms with Crippen LogP contribution >= 0.6 is 34.3 Å². The number of aromatic nitrogens is 6. The Morgan fingerprint density at radius 1 is 0.972 bits per heavy atom. The number of anilines is 1. The number of fused-ring (bicyclic) bond motifs is 1. The molecule has 0 amide bonds. The Kier molecular flexibility index (Phi) is 5.84. The molecular formula is C25H19ClN8S2. The van der Waals surface area contributed by atoms with E-state index in [4.69, 9.17) is 16.6 Å². The predicted octanol–water partition coefficient (Wildman–Crippen LogP) is 6.48. The summed E-state index contributed by atoms with van der Waals surface area (Å²) in [6.07, 6.45) is 3.72. The van der Waals surface area contributed by atoms with Crippen LogP contribution < -0.4 is 5.43 Å². The zero-order valence-electron chi connectivity index (χ0n) is 19.3. The van der Waals surface area contributed by atoms with Gasteiger partial charge in [0.1, 0.15) is 11.4 Å². The third-order valence-corrected chi connectivity index (χ3v) is 7.44. The van der Waals surface area contributed by atoms with Crippen LogP contribution in [0.15, 0.2) is 70.6 Å². The maximum absolute atomic E-state index is 5.99. The van der Waals surface area contributed by atoms with Gasteiger partial charge in [-0.15, -0.1) is 27.8 Å². The van der Waals surface area contributed by atoms with Gasteiger partial charge in [0.05, 0.1) is 29.0 Å². The minimum atomic E-state index is 0.685. The van der Waals surface area contributed by atoms with Crippen LogP contribution in [-0.4, -0.2) is 35.6 Å². The molecule has 2 aromatic carbocycles. The lowest BCUT2D eigenvalue weighted by molar-refractivity contribution is 0.785. The number of rotatable bonds is 6. The van der Waals surface area contributed by atoms with Crippen molar-refractivity contribution in [3.05, 3.63) is 87.5 Å². The number of hydrogen-bond donors (Lipinski definition) is 1. The summed E-state index contributed by atoms with van der Waals surface area (Å²) in [6.45, 7) is 4.06. The number of nitrogens with one attached hydrogen (secondary N) is 1. The molecule has 0 aliphatic carbocycles. The number of imidazole rings is 1. The average Bonchev–Trinajstić information content (AvgIpc) is 3.66. The van der Waals surface area contributed by atoms with Crippen molar-refractivity contribution in [2.75, 3.05) is 5.43 Å². The number of halogens is 1. The molecule has 4 aromatic heterocycles. The molecule has 0 aliphatic heterocycles.